The molecule has 36 heavy (non-hydrogen) atoms. The molecule has 6 nitrogen and oxygen atoms in total. The summed E-state index contributed by atoms with van der Waals surface area (Å²) < 4.78 is 20.0. The normalized spacial score (nSPS) is 17.2. The number of carbonyl (C=O) groups is 2. The van der Waals surface area contributed by atoms with E-state index in [-0.39, 0.29) is 16.5 Å². The Morgan fingerprint density at radius 1 is 1.14 bits per heavy atom. The van der Waals surface area contributed by atoms with Crippen molar-refractivity contribution in [2.75, 3.05) is 11.5 Å². The van der Waals surface area contributed by atoms with E-state index in [4.69, 9.17) is 16.3 Å². The van der Waals surface area contributed by atoms with E-state index >= 15 is 0 Å². The van der Waals surface area contributed by atoms with Crippen molar-refractivity contribution in [2.24, 2.45) is 0 Å². The molecular weight excluding hydrogens is 503 g/mol. The van der Waals surface area contributed by atoms with E-state index in [0.717, 1.165) is 17.8 Å². The fourth-order valence-electron chi connectivity index (χ4n) is 4.09. The van der Waals surface area contributed by atoms with Crippen LogP contribution in [0, 0.1) is 5.82 Å². The first kappa shape index (κ1) is 24.0. The minimum atomic E-state index is -0.965. The lowest BCUT2D eigenvalue weighted by atomic mass is 9.95. The summed E-state index contributed by atoms with van der Waals surface area (Å²) in [7, 11) is 0. The first-order valence-electron chi connectivity index (χ1n) is 11.2. The highest BCUT2D eigenvalue weighted by atomic mass is 35.5. The molecule has 1 fully saturated rings. The van der Waals surface area contributed by atoms with Crippen molar-refractivity contribution in [1.82, 2.24) is 4.98 Å². The van der Waals surface area contributed by atoms with Gasteiger partial charge in [0.1, 0.15) is 17.3 Å². The molecule has 0 bridgehead atoms. The quantitative estimate of drug-likeness (QED) is 0.177. The van der Waals surface area contributed by atoms with Crippen LogP contribution in [0.4, 0.5) is 9.52 Å². The third kappa shape index (κ3) is 4.34. The van der Waals surface area contributed by atoms with Gasteiger partial charge in [0.05, 0.1) is 28.4 Å². The first-order chi connectivity index (χ1) is 17.4. The van der Waals surface area contributed by atoms with Crippen molar-refractivity contribution in [3.63, 3.8) is 0 Å². The zero-order chi connectivity index (χ0) is 25.4. The molecule has 1 unspecified atom stereocenters. The van der Waals surface area contributed by atoms with Gasteiger partial charge in [-0.05, 0) is 54.4 Å². The maximum Gasteiger partial charge on any atom is 0.301 e. The number of anilines is 1. The van der Waals surface area contributed by atoms with Gasteiger partial charge in [0.25, 0.3) is 5.78 Å². The first-order valence-corrected chi connectivity index (χ1v) is 12.4. The molecule has 3 aromatic carbocycles. The van der Waals surface area contributed by atoms with E-state index in [1.165, 1.54) is 23.1 Å². The predicted molar refractivity (Wildman–Crippen MR) is 138 cm³/mol. The van der Waals surface area contributed by atoms with E-state index in [1.54, 1.807) is 48.5 Å². The molecule has 1 amide bonds. The van der Waals surface area contributed by atoms with Gasteiger partial charge in [0.15, 0.2) is 5.13 Å². The second-order valence-electron chi connectivity index (χ2n) is 8.21. The van der Waals surface area contributed by atoms with Crippen LogP contribution in [0.1, 0.15) is 30.5 Å². The number of aliphatic hydroxyl groups is 1. The summed E-state index contributed by atoms with van der Waals surface area (Å²) in [6.45, 7) is 2.48. The molecule has 182 valence electrons. The molecule has 0 aliphatic carbocycles. The second-order valence-corrected chi connectivity index (χ2v) is 9.65. The number of carbonyl (C=O) groups excluding carboxylic acids is 2. The summed E-state index contributed by atoms with van der Waals surface area (Å²) in [5, 5.41) is 12.0. The Morgan fingerprint density at radius 3 is 2.67 bits per heavy atom. The predicted octanol–water partition coefficient (Wildman–Crippen LogP) is 6.50. The van der Waals surface area contributed by atoms with E-state index in [9.17, 15) is 19.1 Å². The van der Waals surface area contributed by atoms with Crippen LogP contribution in [0.15, 0.2) is 72.3 Å². The molecule has 1 aromatic heterocycles. The monoisotopic (exact) mass is 522 g/mol. The lowest BCUT2D eigenvalue weighted by Crippen LogP contribution is -2.29. The van der Waals surface area contributed by atoms with Gasteiger partial charge in [-0.2, -0.15) is 0 Å². The number of thiazole rings is 1. The topological polar surface area (TPSA) is 79.7 Å². The highest BCUT2D eigenvalue weighted by Crippen LogP contribution is 2.44. The number of ketones is 1. The molecule has 4 aromatic rings. The Morgan fingerprint density at radius 2 is 1.92 bits per heavy atom. The summed E-state index contributed by atoms with van der Waals surface area (Å²) in [6, 6.07) is 16.5. The van der Waals surface area contributed by atoms with Crippen LogP contribution < -0.4 is 9.64 Å². The van der Waals surface area contributed by atoms with Crippen molar-refractivity contribution < 1.29 is 23.8 Å². The molecule has 0 saturated carbocycles. The Hall–Kier alpha value is -3.75. The van der Waals surface area contributed by atoms with Crippen molar-refractivity contribution in [1.29, 1.82) is 0 Å². The number of amides is 1. The third-order valence-electron chi connectivity index (χ3n) is 5.76. The maximum absolute atomic E-state index is 13.8. The molecular formula is C27H20ClFN2O4S. The van der Waals surface area contributed by atoms with E-state index in [1.807, 2.05) is 6.92 Å². The number of ether oxygens (including phenoxy) is 1. The van der Waals surface area contributed by atoms with Crippen LogP contribution in [0.5, 0.6) is 5.75 Å². The number of hydrogen-bond donors (Lipinski definition) is 1. The largest absolute Gasteiger partial charge is 0.507 e. The number of rotatable bonds is 6. The van der Waals surface area contributed by atoms with Crippen LogP contribution in [0.25, 0.3) is 16.0 Å². The summed E-state index contributed by atoms with van der Waals surface area (Å²) in [6.07, 6.45) is 0.809. The number of nitrogens with zero attached hydrogens (tertiary/aromatic N) is 2. The third-order valence-corrected chi connectivity index (χ3v) is 7.03. The van der Waals surface area contributed by atoms with Crippen LogP contribution in [-0.2, 0) is 9.59 Å². The lowest BCUT2D eigenvalue weighted by Gasteiger charge is -2.23. The van der Waals surface area contributed by atoms with Gasteiger partial charge in [-0.25, -0.2) is 9.37 Å². The fourth-order valence-corrected chi connectivity index (χ4v) is 5.23. The molecule has 2 heterocycles. The Bertz CT molecular complexity index is 1520. The fraction of sp³-hybridized carbons (Fsp3) is 0.148. The second kappa shape index (κ2) is 9.72. The summed E-state index contributed by atoms with van der Waals surface area (Å²) >= 11 is 7.17. The standard InChI is InChI=1S/C27H20ClFN2O4S/c1-2-12-35-19-5-3-4-16(13-19)24(32)22-23(15-6-8-17(28)9-7-15)31(26(34)25(22)33)27-30-20-11-10-18(29)14-21(20)36-27/h3-11,13-14,23,32H,2,12H2,1H3. The summed E-state index contributed by atoms with van der Waals surface area (Å²) in [4.78, 5) is 32.4. The van der Waals surface area contributed by atoms with Gasteiger partial charge in [-0.3, -0.25) is 14.5 Å². The Labute approximate surface area is 215 Å². The number of benzene rings is 3. The molecule has 1 saturated heterocycles. The number of aromatic nitrogens is 1. The highest BCUT2D eigenvalue weighted by molar-refractivity contribution is 7.22. The van der Waals surface area contributed by atoms with Crippen LogP contribution >= 0.6 is 22.9 Å². The minimum Gasteiger partial charge on any atom is -0.507 e. The SMILES string of the molecule is CCCOc1cccc(C(O)=C2C(=O)C(=O)N(c3nc4ccc(F)cc4s3)C2c2ccc(Cl)cc2)c1. The smallest absolute Gasteiger partial charge is 0.301 e. The molecule has 1 aliphatic rings. The van der Waals surface area contributed by atoms with Gasteiger partial charge < -0.3 is 9.84 Å². The van der Waals surface area contributed by atoms with Crippen LogP contribution in [-0.4, -0.2) is 28.4 Å². The molecule has 1 N–H and O–H groups in total. The maximum atomic E-state index is 13.8. The van der Waals surface area contributed by atoms with Crippen molar-refractivity contribution in [3.8, 4) is 5.75 Å². The van der Waals surface area contributed by atoms with Crippen molar-refractivity contribution >= 4 is 55.7 Å². The summed E-state index contributed by atoms with van der Waals surface area (Å²) in [5.41, 5.74) is 1.31. The van der Waals surface area contributed by atoms with Crippen molar-refractivity contribution in [2.45, 2.75) is 19.4 Å². The molecule has 1 atom stereocenters. The van der Waals surface area contributed by atoms with Crippen molar-refractivity contribution in [3.05, 3.63) is 94.3 Å². The number of Topliss-reactive ketones (excluding diaryl/α,β-unsaturated/α-hetero) is 1. The number of fused-ring (bicyclic) bond motifs is 1. The average molecular weight is 523 g/mol. The van der Waals surface area contributed by atoms with E-state index in [0.29, 0.717) is 38.7 Å². The van der Waals surface area contributed by atoms with Crippen LogP contribution in [0.3, 0.4) is 0 Å². The molecule has 1 aliphatic heterocycles. The van der Waals surface area contributed by atoms with E-state index < -0.39 is 23.5 Å². The molecule has 9 heteroatoms. The van der Waals surface area contributed by atoms with Gasteiger partial charge in [-0.1, -0.05) is 54.1 Å². The molecule has 5 rings (SSSR count). The zero-order valence-corrected chi connectivity index (χ0v) is 20.6. The van der Waals surface area contributed by atoms with Gasteiger partial charge >= 0.3 is 5.91 Å². The van der Waals surface area contributed by atoms with Gasteiger partial charge in [0.2, 0.25) is 0 Å². The average Bonchev–Trinajstić information content (AvgIpc) is 3.40. The molecule has 0 spiro atoms. The van der Waals surface area contributed by atoms with Gasteiger partial charge in [-0.15, -0.1) is 0 Å². The number of halogens is 2. The molecule has 0 radical (unpaired) electrons. The summed E-state index contributed by atoms with van der Waals surface area (Å²) in [5.74, 6) is -1.91. The number of aliphatic hydroxyl groups excluding tert-OH is 1. The van der Waals surface area contributed by atoms with Crippen LogP contribution in [0.2, 0.25) is 5.02 Å². The highest BCUT2D eigenvalue weighted by Gasteiger charge is 2.48. The Balaban J connectivity index is 1.68. The number of hydrogen-bond acceptors (Lipinski definition) is 6. The minimum absolute atomic E-state index is 0.0830. The zero-order valence-electron chi connectivity index (χ0n) is 19.1. The van der Waals surface area contributed by atoms with E-state index in [2.05, 4.69) is 4.98 Å². The Kier molecular flexibility index (Phi) is 6.47. The lowest BCUT2D eigenvalue weighted by molar-refractivity contribution is -0.132. The van der Waals surface area contributed by atoms with Gasteiger partial charge in [0, 0.05) is 10.6 Å².